The molecule has 13 heteroatoms. The first-order chi connectivity index (χ1) is 15.4. The maximum Gasteiger partial charge on any atom is 0.279 e. The quantitative estimate of drug-likeness (QED) is 0.378. The number of halogens is 1. The number of aromatic nitrogens is 4. The van der Waals surface area contributed by atoms with E-state index >= 15 is 0 Å². The minimum atomic E-state index is -3.38. The topological polar surface area (TPSA) is 125 Å². The largest absolute Gasteiger partial charge is 0.506 e. The van der Waals surface area contributed by atoms with Gasteiger partial charge in [0.1, 0.15) is 11.4 Å². The zero-order valence-corrected chi connectivity index (χ0v) is 19.0. The summed E-state index contributed by atoms with van der Waals surface area (Å²) in [6.45, 7) is 1.52. The van der Waals surface area contributed by atoms with Gasteiger partial charge in [0.05, 0.1) is 16.4 Å². The number of benzene rings is 1. The lowest BCUT2D eigenvalue weighted by Gasteiger charge is -2.13. The van der Waals surface area contributed by atoms with Gasteiger partial charge in [-0.25, -0.2) is 19.7 Å². The summed E-state index contributed by atoms with van der Waals surface area (Å²) in [5.41, 5.74) is 2.74. The van der Waals surface area contributed by atoms with Crippen molar-refractivity contribution in [3.8, 4) is 28.4 Å². The van der Waals surface area contributed by atoms with E-state index in [9.17, 15) is 13.5 Å². The Morgan fingerprint density at radius 1 is 1.28 bits per heavy atom. The zero-order valence-electron chi connectivity index (χ0n) is 16.6. The highest BCUT2D eigenvalue weighted by Crippen LogP contribution is 2.36. The lowest BCUT2D eigenvalue weighted by Crippen LogP contribution is -2.33. The van der Waals surface area contributed by atoms with Crippen molar-refractivity contribution in [2.75, 3.05) is 31.5 Å². The summed E-state index contributed by atoms with van der Waals surface area (Å²) in [6, 6.07) is 6.77. The van der Waals surface area contributed by atoms with Gasteiger partial charge in [-0.15, -0.1) is 11.3 Å². The molecule has 3 aromatic heterocycles. The molecule has 1 saturated heterocycles. The van der Waals surface area contributed by atoms with Crippen molar-refractivity contribution in [1.29, 1.82) is 0 Å². The third-order valence-corrected chi connectivity index (χ3v) is 7.70. The number of imidazole rings is 1. The molecule has 0 saturated carbocycles. The smallest absolute Gasteiger partial charge is 0.279 e. The predicted molar refractivity (Wildman–Crippen MR) is 123 cm³/mol. The molecule has 1 fully saturated rings. The number of anilines is 1. The summed E-state index contributed by atoms with van der Waals surface area (Å²) in [6.07, 6.45) is 3.54. The summed E-state index contributed by atoms with van der Waals surface area (Å²) in [4.78, 5) is 14.4. The Morgan fingerprint density at radius 3 is 2.94 bits per heavy atom. The van der Waals surface area contributed by atoms with Crippen LogP contribution in [0.25, 0.3) is 27.6 Å². The average molecular weight is 492 g/mol. The maximum absolute atomic E-state index is 11.9. The molecule has 10 nitrogen and oxygen atoms in total. The number of thiazole rings is 1. The normalized spacial score (nSPS) is 16.0. The van der Waals surface area contributed by atoms with Gasteiger partial charge in [0.25, 0.3) is 10.2 Å². The van der Waals surface area contributed by atoms with Crippen molar-refractivity contribution < 1.29 is 13.5 Å². The SMILES string of the molecule is O=S1(=O)NCCN1CCNc1nccc(-c2c(-c3ccc(Cl)c(O)c3)nc3sccn23)n1. The Hall–Kier alpha value is -2.77. The van der Waals surface area contributed by atoms with E-state index in [2.05, 4.69) is 20.0 Å². The molecule has 4 heterocycles. The first-order valence-corrected chi connectivity index (χ1v) is 12.4. The molecule has 0 bridgehead atoms. The molecule has 1 aromatic carbocycles. The number of rotatable bonds is 6. The molecule has 1 aliphatic rings. The molecule has 0 aliphatic carbocycles. The number of aromatic hydroxyl groups is 1. The number of hydrogen-bond acceptors (Lipinski definition) is 8. The second-order valence-electron chi connectivity index (χ2n) is 7.02. The summed E-state index contributed by atoms with van der Waals surface area (Å²) in [7, 11) is -3.38. The van der Waals surface area contributed by atoms with E-state index in [1.807, 2.05) is 16.0 Å². The lowest BCUT2D eigenvalue weighted by molar-refractivity contribution is 0.461. The van der Waals surface area contributed by atoms with Crippen molar-refractivity contribution in [1.82, 2.24) is 28.4 Å². The Labute approximate surface area is 192 Å². The molecule has 0 atom stereocenters. The molecule has 0 spiro atoms. The van der Waals surface area contributed by atoms with Crippen molar-refractivity contribution in [3.63, 3.8) is 0 Å². The lowest BCUT2D eigenvalue weighted by atomic mass is 10.1. The Kier molecular flexibility index (Phi) is 5.47. The summed E-state index contributed by atoms with van der Waals surface area (Å²) in [5, 5.41) is 15.3. The molecule has 0 unspecified atom stereocenters. The number of phenolic OH excluding ortho intramolecular Hbond substituents is 1. The van der Waals surface area contributed by atoms with Crippen LogP contribution >= 0.6 is 22.9 Å². The van der Waals surface area contributed by atoms with Gasteiger partial charge in [-0.1, -0.05) is 17.7 Å². The first kappa shape index (κ1) is 21.1. The monoisotopic (exact) mass is 491 g/mol. The van der Waals surface area contributed by atoms with E-state index in [0.29, 0.717) is 49.1 Å². The molecular formula is C19H18ClN7O3S2. The fourth-order valence-corrected chi connectivity index (χ4v) is 5.53. The van der Waals surface area contributed by atoms with Crippen LogP contribution in [0.5, 0.6) is 5.75 Å². The van der Waals surface area contributed by atoms with Crippen LogP contribution in [0.3, 0.4) is 0 Å². The van der Waals surface area contributed by atoms with Crippen molar-refractivity contribution in [2.24, 2.45) is 0 Å². The van der Waals surface area contributed by atoms with E-state index in [1.165, 1.54) is 15.6 Å². The summed E-state index contributed by atoms with van der Waals surface area (Å²) < 4.78 is 29.5. The number of hydrogen-bond donors (Lipinski definition) is 3. The number of fused-ring (bicyclic) bond motifs is 1. The van der Waals surface area contributed by atoms with E-state index in [-0.39, 0.29) is 10.8 Å². The Balaban J connectivity index is 1.45. The molecule has 5 rings (SSSR count). The minimum absolute atomic E-state index is 0.0251. The van der Waals surface area contributed by atoms with Crippen molar-refractivity contribution in [2.45, 2.75) is 0 Å². The Bertz CT molecular complexity index is 1400. The number of nitrogens with one attached hydrogen (secondary N) is 2. The van der Waals surface area contributed by atoms with E-state index < -0.39 is 10.2 Å². The van der Waals surface area contributed by atoms with Gasteiger partial charge in [0, 0.05) is 49.5 Å². The average Bonchev–Trinajstić information content (AvgIpc) is 3.44. The van der Waals surface area contributed by atoms with Crippen molar-refractivity contribution in [3.05, 3.63) is 47.1 Å². The molecule has 0 radical (unpaired) electrons. The van der Waals surface area contributed by atoms with Crippen LogP contribution in [0.1, 0.15) is 0 Å². The van der Waals surface area contributed by atoms with Crippen molar-refractivity contribution >= 4 is 44.1 Å². The number of nitrogens with zero attached hydrogens (tertiary/aromatic N) is 5. The molecule has 0 amide bonds. The van der Waals surface area contributed by atoms with Crippen LogP contribution in [0.2, 0.25) is 5.02 Å². The summed E-state index contributed by atoms with van der Waals surface area (Å²) in [5.74, 6) is 0.352. The maximum atomic E-state index is 11.9. The fraction of sp³-hybridized carbons (Fsp3) is 0.211. The zero-order chi connectivity index (χ0) is 22.3. The van der Waals surface area contributed by atoms with Gasteiger partial charge in [-0.05, 0) is 18.2 Å². The van der Waals surface area contributed by atoms with Gasteiger partial charge < -0.3 is 10.4 Å². The number of phenols is 1. The third-order valence-electron chi connectivity index (χ3n) is 5.01. The van der Waals surface area contributed by atoms with Gasteiger partial charge in [-0.2, -0.15) is 12.7 Å². The van der Waals surface area contributed by atoms with Crippen LogP contribution < -0.4 is 10.0 Å². The van der Waals surface area contributed by atoms with Crippen LogP contribution in [0.15, 0.2) is 42.0 Å². The molecule has 3 N–H and O–H groups in total. The van der Waals surface area contributed by atoms with E-state index in [1.54, 1.807) is 30.5 Å². The fourth-order valence-electron chi connectivity index (χ4n) is 3.50. The minimum Gasteiger partial charge on any atom is -0.506 e. The second kappa shape index (κ2) is 8.30. The first-order valence-electron chi connectivity index (χ1n) is 9.69. The van der Waals surface area contributed by atoms with Crippen LogP contribution in [-0.2, 0) is 10.2 Å². The molecular weight excluding hydrogens is 474 g/mol. The highest BCUT2D eigenvalue weighted by atomic mass is 35.5. The molecule has 4 aromatic rings. The van der Waals surface area contributed by atoms with E-state index in [4.69, 9.17) is 16.6 Å². The van der Waals surface area contributed by atoms with Crippen LogP contribution in [0.4, 0.5) is 5.95 Å². The summed E-state index contributed by atoms with van der Waals surface area (Å²) >= 11 is 7.46. The second-order valence-corrected chi connectivity index (χ2v) is 10.1. The molecule has 1 aliphatic heterocycles. The third kappa shape index (κ3) is 3.91. The predicted octanol–water partition coefficient (Wildman–Crippen LogP) is 2.44. The standard InChI is InChI=1S/C19H18ClN7O3S2/c20-13-2-1-12(11-15(13)28)16-17(27-9-10-31-19(27)25-16)14-3-4-21-18(24-14)22-5-7-26-8-6-23-32(26,29)30/h1-4,9-11,23,28H,5-8H2,(H,21,22,24). The highest BCUT2D eigenvalue weighted by Gasteiger charge is 2.27. The van der Waals surface area contributed by atoms with Gasteiger partial charge in [0.15, 0.2) is 4.96 Å². The van der Waals surface area contributed by atoms with Gasteiger partial charge in [-0.3, -0.25) is 4.40 Å². The van der Waals surface area contributed by atoms with E-state index in [0.717, 1.165) is 10.7 Å². The Morgan fingerprint density at radius 2 is 2.16 bits per heavy atom. The van der Waals surface area contributed by atoms with Crippen LogP contribution in [0, 0.1) is 0 Å². The van der Waals surface area contributed by atoms with Gasteiger partial charge >= 0.3 is 0 Å². The molecule has 32 heavy (non-hydrogen) atoms. The highest BCUT2D eigenvalue weighted by molar-refractivity contribution is 7.87. The van der Waals surface area contributed by atoms with Gasteiger partial charge in [0.2, 0.25) is 5.95 Å². The molecule has 166 valence electrons. The van der Waals surface area contributed by atoms with Crippen LogP contribution in [-0.4, -0.2) is 63.4 Å².